The van der Waals surface area contributed by atoms with Crippen molar-refractivity contribution in [3.63, 3.8) is 0 Å². The molecule has 330 valence electrons. The molecular formula is C46H51ClN8O7S. The first-order valence-electron chi connectivity index (χ1n) is 21.4. The van der Waals surface area contributed by atoms with Crippen LogP contribution >= 0.6 is 11.6 Å². The third-order valence-corrected chi connectivity index (χ3v) is 14.1. The fourth-order valence-electron chi connectivity index (χ4n) is 8.93. The minimum Gasteiger partial charge on any atom is -0.489 e. The van der Waals surface area contributed by atoms with Crippen LogP contribution in [0.5, 0.6) is 17.2 Å². The third kappa shape index (κ3) is 9.55. The molecule has 0 spiro atoms. The Hall–Kier alpha value is -5.52. The minimum atomic E-state index is -4.53. The van der Waals surface area contributed by atoms with Gasteiger partial charge < -0.3 is 29.8 Å². The molecular weight excluding hydrogens is 844 g/mol. The normalized spacial score (nSPS) is 19.5. The second-order valence-electron chi connectivity index (χ2n) is 17.8. The zero-order chi connectivity index (χ0) is 43.9. The molecule has 15 nitrogen and oxygen atoms in total. The van der Waals surface area contributed by atoms with E-state index in [1.54, 1.807) is 30.5 Å². The van der Waals surface area contributed by atoms with Gasteiger partial charge in [0.15, 0.2) is 0 Å². The zero-order valence-electron chi connectivity index (χ0n) is 35.3. The van der Waals surface area contributed by atoms with Crippen LogP contribution in [0, 0.1) is 10.3 Å². The highest BCUT2D eigenvalue weighted by Crippen LogP contribution is 2.44. The summed E-state index contributed by atoms with van der Waals surface area (Å²) in [7, 11) is -4.53. The maximum absolute atomic E-state index is 14.0. The number of halogens is 1. The van der Waals surface area contributed by atoms with Crippen molar-refractivity contribution in [3.05, 3.63) is 106 Å². The van der Waals surface area contributed by atoms with Crippen molar-refractivity contribution in [2.24, 2.45) is 10.6 Å². The third-order valence-electron chi connectivity index (χ3n) is 12.6. The van der Waals surface area contributed by atoms with Crippen LogP contribution in [-0.2, 0) is 10.0 Å². The van der Waals surface area contributed by atoms with Crippen molar-refractivity contribution in [3.8, 4) is 17.2 Å². The molecule has 1 aliphatic carbocycles. The van der Waals surface area contributed by atoms with E-state index in [9.17, 15) is 23.2 Å². The number of β-amino-alcohol motifs (C(OH)–C–C–N with tert-alkyl or cyclic N) is 1. The molecule has 0 saturated carbocycles. The number of aromatic amines is 1. The second kappa shape index (κ2) is 17.6. The number of piperazine rings is 1. The number of rotatable bonds is 13. The summed E-state index contributed by atoms with van der Waals surface area (Å²) in [6.07, 6.45) is 6.88. The van der Waals surface area contributed by atoms with Crippen molar-refractivity contribution in [1.29, 1.82) is 0 Å². The van der Waals surface area contributed by atoms with Gasteiger partial charge >= 0.3 is 0 Å². The number of carbonyl (C=O) groups excluding carboxylic acids is 1. The van der Waals surface area contributed by atoms with Crippen molar-refractivity contribution in [2.75, 3.05) is 69.2 Å². The molecule has 5 heterocycles. The number of fused-ring (bicyclic) bond motifs is 2. The number of aliphatic hydroxyl groups is 1. The predicted octanol–water partition coefficient (Wildman–Crippen LogP) is 7.55. The van der Waals surface area contributed by atoms with Gasteiger partial charge in [-0.1, -0.05) is 43.2 Å². The molecule has 0 bridgehead atoms. The van der Waals surface area contributed by atoms with Gasteiger partial charge in [-0.3, -0.25) is 14.6 Å². The summed E-state index contributed by atoms with van der Waals surface area (Å²) in [5.74, 6) is -0.277. The topological polar surface area (TPSA) is 182 Å². The van der Waals surface area contributed by atoms with Crippen molar-refractivity contribution in [1.82, 2.24) is 24.5 Å². The molecule has 1 amide bonds. The van der Waals surface area contributed by atoms with E-state index < -0.39 is 15.9 Å². The average Bonchev–Trinajstić information content (AvgIpc) is 3.73. The predicted molar refractivity (Wildman–Crippen MR) is 244 cm³/mol. The van der Waals surface area contributed by atoms with Gasteiger partial charge in [0.25, 0.3) is 15.9 Å². The molecule has 3 aliphatic heterocycles. The van der Waals surface area contributed by atoms with E-state index in [0.29, 0.717) is 30.9 Å². The molecule has 0 unspecified atom stereocenters. The number of benzene rings is 3. The summed E-state index contributed by atoms with van der Waals surface area (Å²) in [4.78, 5) is 40.0. The van der Waals surface area contributed by atoms with E-state index in [2.05, 4.69) is 65.9 Å². The van der Waals surface area contributed by atoms with Crippen LogP contribution in [0.15, 0.2) is 94.8 Å². The highest BCUT2D eigenvalue weighted by atomic mass is 35.5. The molecule has 63 heavy (non-hydrogen) atoms. The molecule has 4 N–H and O–H groups in total. The standard InChI is InChI=1S/C46H51ClN8O7S/c1-46(2)12-9-31(39(23-46)29-3-5-32(47)6-4-29)25-53-15-17-55(18-16-53)34-7-8-38(41(20-34)62-36-19-30-10-13-48-44(30)49-24-36)45(57)52-63(59,60)37-21-40(51-58)43-42(22-37)61-28-33(50-43)11-14-54-26-35(56)27-54/h3-8,10,13,19-22,24,33,35,50,56H,9,11-12,14-18,23,25-28H2,1-2H3,(H,48,49)(H,52,57)/t33-/m1/s1. The summed E-state index contributed by atoms with van der Waals surface area (Å²) >= 11 is 6.25. The number of allylic oxidation sites excluding steroid dienone is 1. The Morgan fingerprint density at radius 3 is 2.60 bits per heavy atom. The molecule has 0 radical (unpaired) electrons. The second-order valence-corrected chi connectivity index (χ2v) is 19.9. The summed E-state index contributed by atoms with van der Waals surface area (Å²) in [5, 5.41) is 17.5. The fraction of sp³-hybridized carbons (Fsp3) is 0.391. The first-order chi connectivity index (χ1) is 30.3. The Morgan fingerprint density at radius 1 is 1.05 bits per heavy atom. The Bertz CT molecular complexity index is 2670. The number of likely N-dealkylation sites (tertiary alicyclic amines) is 1. The van der Waals surface area contributed by atoms with E-state index in [1.165, 1.54) is 29.0 Å². The highest BCUT2D eigenvalue weighted by Gasteiger charge is 2.32. The van der Waals surface area contributed by atoms with E-state index in [4.69, 9.17) is 21.1 Å². The highest BCUT2D eigenvalue weighted by molar-refractivity contribution is 7.90. The fourth-order valence-corrected chi connectivity index (χ4v) is 10.1. The molecule has 2 aromatic heterocycles. The van der Waals surface area contributed by atoms with Crippen molar-refractivity contribution >= 4 is 61.2 Å². The number of nitrogens with one attached hydrogen (secondary N) is 3. The molecule has 17 heteroatoms. The van der Waals surface area contributed by atoms with Gasteiger partial charge in [-0.2, -0.15) is 0 Å². The number of carbonyl (C=O) groups is 1. The van der Waals surface area contributed by atoms with Gasteiger partial charge in [0, 0.05) is 86.8 Å². The van der Waals surface area contributed by atoms with Crippen LogP contribution in [0.1, 0.15) is 55.5 Å². The van der Waals surface area contributed by atoms with Crippen LogP contribution in [0.3, 0.4) is 0 Å². The summed E-state index contributed by atoms with van der Waals surface area (Å²) in [5.41, 5.74) is 5.95. The number of aliphatic hydroxyl groups excluding tert-OH is 1. The molecule has 4 aliphatic rings. The number of pyridine rings is 1. The summed E-state index contributed by atoms with van der Waals surface area (Å²) in [6.45, 7) is 10.9. The first-order valence-corrected chi connectivity index (χ1v) is 23.2. The molecule has 5 aromatic rings. The van der Waals surface area contributed by atoms with Crippen LogP contribution in [0.4, 0.5) is 17.1 Å². The number of nitroso groups, excluding NO2 is 1. The Labute approximate surface area is 371 Å². The Balaban J connectivity index is 0.922. The monoisotopic (exact) mass is 894 g/mol. The lowest BCUT2D eigenvalue weighted by Gasteiger charge is -2.39. The van der Waals surface area contributed by atoms with Crippen LogP contribution in [0.25, 0.3) is 16.6 Å². The number of sulfonamides is 1. The summed E-state index contributed by atoms with van der Waals surface area (Å²) < 4.78 is 42.1. The van der Waals surface area contributed by atoms with Gasteiger partial charge in [0.2, 0.25) is 0 Å². The Kier molecular flexibility index (Phi) is 11.9. The number of hydrogen-bond acceptors (Lipinski definition) is 13. The number of anilines is 2. The maximum atomic E-state index is 14.0. The lowest BCUT2D eigenvalue weighted by Crippen LogP contribution is -2.51. The van der Waals surface area contributed by atoms with Crippen molar-refractivity contribution in [2.45, 2.75) is 56.6 Å². The average molecular weight is 895 g/mol. The first kappa shape index (κ1) is 42.8. The summed E-state index contributed by atoms with van der Waals surface area (Å²) in [6, 6.07) is 19.2. The Morgan fingerprint density at radius 2 is 1.84 bits per heavy atom. The molecule has 2 saturated heterocycles. The molecule has 1 atom stereocenters. The number of aromatic nitrogens is 2. The van der Waals surface area contributed by atoms with Crippen LogP contribution < -0.4 is 24.4 Å². The van der Waals surface area contributed by atoms with Gasteiger partial charge in [-0.05, 0) is 89.9 Å². The number of hydrogen-bond donors (Lipinski definition) is 4. The van der Waals surface area contributed by atoms with Gasteiger partial charge in [0.05, 0.1) is 28.8 Å². The van der Waals surface area contributed by atoms with Crippen LogP contribution in [-0.4, -0.2) is 110 Å². The van der Waals surface area contributed by atoms with E-state index in [-0.39, 0.29) is 57.5 Å². The van der Waals surface area contributed by atoms with E-state index >= 15 is 0 Å². The lowest BCUT2D eigenvalue weighted by atomic mass is 9.72. The largest absolute Gasteiger partial charge is 0.489 e. The molecule has 3 aromatic carbocycles. The smallest absolute Gasteiger partial charge is 0.268 e. The van der Waals surface area contributed by atoms with Gasteiger partial charge in [0.1, 0.15) is 40.9 Å². The molecule has 9 rings (SSSR count). The quantitative estimate of drug-likeness (QED) is 0.0854. The SMILES string of the molecule is CC1(C)CCC(CN2CCN(c3ccc(C(=O)NS(=O)(=O)c4cc(N=O)c5c(c4)OC[C@@H](CCN4CC(O)C4)N5)c(Oc4cnc5[nH]ccc5c4)c3)CC2)=C(c2ccc(Cl)cc2)C1. The molecule has 2 fully saturated rings. The number of ether oxygens (including phenoxy) is 2. The zero-order valence-corrected chi connectivity index (χ0v) is 36.8. The number of H-pyrrole nitrogens is 1. The van der Waals surface area contributed by atoms with Gasteiger partial charge in [-0.15, -0.1) is 4.91 Å². The lowest BCUT2D eigenvalue weighted by molar-refractivity contribution is 0.000488. The van der Waals surface area contributed by atoms with E-state index in [0.717, 1.165) is 80.7 Å². The van der Waals surface area contributed by atoms with Crippen LogP contribution in [0.2, 0.25) is 5.02 Å². The van der Waals surface area contributed by atoms with Crippen molar-refractivity contribution < 1.29 is 27.8 Å². The maximum Gasteiger partial charge on any atom is 0.268 e. The van der Waals surface area contributed by atoms with E-state index in [1.807, 2.05) is 18.2 Å². The number of amides is 1. The number of nitrogens with zero attached hydrogens (tertiary/aromatic N) is 5. The minimum absolute atomic E-state index is 0.0146. The van der Waals surface area contributed by atoms with Gasteiger partial charge in [-0.25, -0.2) is 18.1 Å².